The molecule has 2 amide bonds. The number of anilines is 1. The van der Waals surface area contributed by atoms with Gasteiger partial charge in [-0.05, 0) is 36.6 Å². The predicted molar refractivity (Wildman–Crippen MR) is 119 cm³/mol. The monoisotopic (exact) mass is 430 g/mol. The molecule has 3 rings (SSSR count). The van der Waals surface area contributed by atoms with Gasteiger partial charge in [-0.3, -0.25) is 9.59 Å². The summed E-state index contributed by atoms with van der Waals surface area (Å²) in [6.07, 6.45) is 0. The maximum atomic E-state index is 12.5. The number of hydrogen-bond acceptors (Lipinski definition) is 2. The van der Waals surface area contributed by atoms with E-state index in [4.69, 9.17) is 11.6 Å². The molecule has 7 heteroatoms. The Balaban J connectivity index is 1.38. The van der Waals surface area contributed by atoms with Crippen LogP contribution in [0.25, 0.3) is 0 Å². The van der Waals surface area contributed by atoms with E-state index in [1.807, 2.05) is 56.3 Å². The van der Waals surface area contributed by atoms with Crippen LogP contribution in [0, 0.1) is 13.8 Å². The zero-order valence-electron chi connectivity index (χ0n) is 17.7. The van der Waals surface area contributed by atoms with E-state index < -0.39 is 0 Å². The summed E-state index contributed by atoms with van der Waals surface area (Å²) >= 11 is 6.13. The van der Waals surface area contributed by atoms with Crippen molar-refractivity contribution in [3.63, 3.8) is 0 Å². The molecule has 2 aromatic rings. The van der Waals surface area contributed by atoms with E-state index >= 15 is 0 Å². The topological polar surface area (TPSA) is 67.1 Å². The molecule has 1 aliphatic heterocycles. The highest BCUT2D eigenvalue weighted by Crippen LogP contribution is 2.18. The third-order valence-electron chi connectivity index (χ3n) is 5.66. The predicted octanol–water partition coefficient (Wildman–Crippen LogP) is -0.00486. The van der Waals surface area contributed by atoms with Crippen molar-refractivity contribution in [3.05, 3.63) is 64.2 Å². The highest BCUT2D eigenvalue weighted by molar-refractivity contribution is 6.31. The molecule has 1 saturated heterocycles. The lowest BCUT2D eigenvalue weighted by Gasteiger charge is -2.29. The van der Waals surface area contributed by atoms with Gasteiger partial charge in [0.05, 0.1) is 0 Å². The zero-order valence-corrected chi connectivity index (χ0v) is 18.4. The van der Waals surface area contributed by atoms with Crippen LogP contribution in [0.3, 0.4) is 0 Å². The Morgan fingerprint density at radius 2 is 1.43 bits per heavy atom. The lowest BCUT2D eigenvalue weighted by atomic mass is 10.1. The lowest BCUT2D eigenvalue weighted by molar-refractivity contribution is -1.00. The fourth-order valence-corrected chi connectivity index (χ4v) is 4.06. The summed E-state index contributed by atoms with van der Waals surface area (Å²) in [7, 11) is 0. The van der Waals surface area contributed by atoms with E-state index in [2.05, 4.69) is 10.6 Å². The largest absolute Gasteiger partial charge is 0.347 e. The first kappa shape index (κ1) is 22.3. The smallest absolute Gasteiger partial charge is 0.279 e. The summed E-state index contributed by atoms with van der Waals surface area (Å²) in [5.41, 5.74) is 4.00. The average Bonchev–Trinajstić information content (AvgIpc) is 2.72. The molecule has 2 aromatic carbocycles. The van der Waals surface area contributed by atoms with Crippen LogP contribution in [0.2, 0.25) is 5.02 Å². The Kier molecular flexibility index (Phi) is 7.85. The third kappa shape index (κ3) is 6.29. The first-order valence-corrected chi connectivity index (χ1v) is 10.8. The van der Waals surface area contributed by atoms with Crippen LogP contribution in [0.5, 0.6) is 0 Å². The summed E-state index contributed by atoms with van der Waals surface area (Å²) in [4.78, 5) is 27.3. The van der Waals surface area contributed by atoms with E-state index in [-0.39, 0.29) is 11.8 Å². The second-order valence-corrected chi connectivity index (χ2v) is 8.44. The standard InChI is InChI=1S/C23H29ClN4O2/c1-17-6-5-7-18(2)23(17)26-22(30)16-28-12-10-27(11-13-28)15-21(29)25-14-19-8-3-4-9-20(19)24/h3-9H,10-16H2,1-2H3,(H,25,29)(H,26,30)/p+2. The highest BCUT2D eigenvalue weighted by Gasteiger charge is 2.26. The minimum absolute atomic E-state index is 0.0288. The third-order valence-corrected chi connectivity index (χ3v) is 6.03. The molecule has 6 nitrogen and oxygen atoms in total. The van der Waals surface area contributed by atoms with Gasteiger partial charge in [0.1, 0.15) is 26.2 Å². The van der Waals surface area contributed by atoms with Crippen molar-refractivity contribution < 1.29 is 19.4 Å². The van der Waals surface area contributed by atoms with Crippen molar-refractivity contribution in [2.24, 2.45) is 0 Å². The highest BCUT2D eigenvalue weighted by atomic mass is 35.5. The Morgan fingerprint density at radius 3 is 2.03 bits per heavy atom. The molecule has 0 radical (unpaired) electrons. The number of piperazine rings is 1. The quantitative estimate of drug-likeness (QED) is 0.499. The number of amides is 2. The Hall–Kier alpha value is -2.41. The van der Waals surface area contributed by atoms with Gasteiger partial charge in [-0.15, -0.1) is 0 Å². The molecule has 160 valence electrons. The number of para-hydroxylation sites is 1. The molecule has 1 heterocycles. The molecular formula is C23H31ClN4O2+2. The van der Waals surface area contributed by atoms with Gasteiger partial charge in [0.25, 0.3) is 11.8 Å². The molecule has 4 N–H and O–H groups in total. The number of aryl methyl sites for hydroxylation is 2. The molecule has 0 spiro atoms. The summed E-state index contributed by atoms with van der Waals surface area (Å²) < 4.78 is 0. The van der Waals surface area contributed by atoms with Crippen LogP contribution in [0.1, 0.15) is 16.7 Å². The number of carbonyl (C=O) groups is 2. The van der Waals surface area contributed by atoms with E-state index in [1.165, 1.54) is 9.80 Å². The van der Waals surface area contributed by atoms with E-state index in [1.54, 1.807) is 0 Å². The van der Waals surface area contributed by atoms with Crippen LogP contribution in [-0.4, -0.2) is 51.1 Å². The van der Waals surface area contributed by atoms with Crippen molar-refractivity contribution in [2.75, 3.05) is 44.6 Å². The molecular weight excluding hydrogens is 400 g/mol. The number of halogens is 1. The maximum absolute atomic E-state index is 12.5. The van der Waals surface area contributed by atoms with Gasteiger partial charge in [0.2, 0.25) is 0 Å². The van der Waals surface area contributed by atoms with Gasteiger partial charge in [-0.2, -0.15) is 0 Å². The SMILES string of the molecule is Cc1cccc(C)c1NC(=O)C[NH+]1CC[NH+](CC(=O)NCc2ccccc2Cl)CC1. The van der Waals surface area contributed by atoms with Crippen LogP contribution in [0.4, 0.5) is 5.69 Å². The second-order valence-electron chi connectivity index (χ2n) is 8.04. The van der Waals surface area contributed by atoms with Crippen molar-refractivity contribution >= 4 is 29.1 Å². The molecule has 0 saturated carbocycles. The minimum Gasteiger partial charge on any atom is -0.347 e. The first-order chi connectivity index (χ1) is 14.4. The Labute approximate surface area is 183 Å². The molecule has 30 heavy (non-hydrogen) atoms. The zero-order chi connectivity index (χ0) is 21.5. The molecule has 0 aliphatic carbocycles. The van der Waals surface area contributed by atoms with Gasteiger partial charge >= 0.3 is 0 Å². The Morgan fingerprint density at radius 1 is 0.867 bits per heavy atom. The van der Waals surface area contributed by atoms with Gasteiger partial charge in [-0.1, -0.05) is 48.0 Å². The molecule has 0 bridgehead atoms. The fraction of sp³-hybridized carbons (Fsp3) is 0.391. The van der Waals surface area contributed by atoms with Gasteiger partial charge in [0, 0.05) is 17.3 Å². The normalized spacial score (nSPS) is 18.6. The van der Waals surface area contributed by atoms with Gasteiger partial charge < -0.3 is 20.4 Å². The molecule has 1 aliphatic rings. The number of nitrogens with one attached hydrogen (secondary N) is 4. The van der Waals surface area contributed by atoms with Gasteiger partial charge in [0.15, 0.2) is 13.1 Å². The maximum Gasteiger partial charge on any atom is 0.279 e. The summed E-state index contributed by atoms with van der Waals surface area (Å²) in [6, 6.07) is 13.5. The lowest BCUT2D eigenvalue weighted by Crippen LogP contribution is -3.28. The number of quaternary nitrogens is 2. The number of rotatable bonds is 7. The van der Waals surface area contributed by atoms with Crippen LogP contribution in [-0.2, 0) is 16.1 Å². The van der Waals surface area contributed by atoms with E-state index in [9.17, 15) is 9.59 Å². The van der Waals surface area contributed by atoms with E-state index in [0.29, 0.717) is 24.7 Å². The number of benzene rings is 2. The van der Waals surface area contributed by atoms with Crippen LogP contribution in [0.15, 0.2) is 42.5 Å². The number of hydrogen-bond donors (Lipinski definition) is 4. The first-order valence-electron chi connectivity index (χ1n) is 10.5. The average molecular weight is 431 g/mol. The Bertz CT molecular complexity index is 874. The second kappa shape index (κ2) is 10.6. The molecule has 1 fully saturated rings. The van der Waals surface area contributed by atoms with Gasteiger partial charge in [-0.25, -0.2) is 0 Å². The summed E-state index contributed by atoms with van der Waals surface area (Å²) in [6.45, 7) is 8.90. The summed E-state index contributed by atoms with van der Waals surface area (Å²) in [5, 5.41) is 6.69. The molecule has 0 atom stereocenters. The van der Waals surface area contributed by atoms with Crippen molar-refractivity contribution in [1.82, 2.24) is 5.32 Å². The van der Waals surface area contributed by atoms with E-state index in [0.717, 1.165) is 48.6 Å². The fourth-order valence-electron chi connectivity index (χ4n) is 3.86. The summed E-state index contributed by atoms with van der Waals surface area (Å²) in [5.74, 6) is 0.0736. The molecule has 0 aromatic heterocycles. The van der Waals surface area contributed by atoms with Crippen molar-refractivity contribution in [2.45, 2.75) is 20.4 Å². The van der Waals surface area contributed by atoms with Crippen LogP contribution >= 0.6 is 11.6 Å². The minimum atomic E-state index is 0.0288. The van der Waals surface area contributed by atoms with Crippen LogP contribution < -0.4 is 20.4 Å². The van der Waals surface area contributed by atoms with Crippen molar-refractivity contribution in [1.29, 1.82) is 0 Å². The molecule has 0 unspecified atom stereocenters. The number of carbonyl (C=O) groups excluding carboxylic acids is 2. The van der Waals surface area contributed by atoms with Crippen molar-refractivity contribution in [3.8, 4) is 0 Å².